The highest BCUT2D eigenvalue weighted by Gasteiger charge is 2.26. The van der Waals surface area contributed by atoms with Crippen LogP contribution in [-0.2, 0) is 0 Å². The third-order valence-electron chi connectivity index (χ3n) is 3.61. The summed E-state index contributed by atoms with van der Waals surface area (Å²) in [6, 6.07) is 6.72. The summed E-state index contributed by atoms with van der Waals surface area (Å²) in [5.74, 6) is -0.362. The molecular weight excluding hydrogens is 393 g/mol. The van der Waals surface area contributed by atoms with Gasteiger partial charge in [0.1, 0.15) is 15.9 Å². The van der Waals surface area contributed by atoms with Crippen molar-refractivity contribution in [1.82, 2.24) is 5.32 Å². The normalized spacial score (nSPS) is 11.7. The van der Waals surface area contributed by atoms with Crippen molar-refractivity contribution >= 4 is 45.4 Å². The summed E-state index contributed by atoms with van der Waals surface area (Å²) in [4.78, 5) is 13.1. The monoisotopic (exact) mass is 411 g/mol. The lowest BCUT2D eigenvalue weighted by Gasteiger charge is -2.12. The van der Waals surface area contributed by atoms with Crippen molar-refractivity contribution in [1.29, 1.82) is 5.26 Å². The van der Waals surface area contributed by atoms with Crippen molar-refractivity contribution in [3.05, 3.63) is 38.7 Å². The number of hydrogen-bond donors (Lipinski definition) is 3. The molecule has 0 fully saturated rings. The molecule has 1 heterocycles. The predicted molar refractivity (Wildman–Crippen MR) is 107 cm³/mol. The second-order valence-electron chi connectivity index (χ2n) is 5.73. The molecule has 0 aliphatic rings. The third-order valence-corrected chi connectivity index (χ3v) is 5.31. The van der Waals surface area contributed by atoms with Crippen LogP contribution in [0.15, 0.2) is 18.2 Å². The van der Waals surface area contributed by atoms with Crippen LogP contribution in [0.5, 0.6) is 0 Å². The molecule has 8 heteroatoms. The average molecular weight is 412 g/mol. The fourth-order valence-electron chi connectivity index (χ4n) is 2.34. The highest BCUT2D eigenvalue weighted by atomic mass is 35.5. The summed E-state index contributed by atoms with van der Waals surface area (Å²) < 4.78 is 0. The minimum Gasteiger partial charge on any atom is -0.394 e. The molecule has 0 aliphatic carbocycles. The number of thiophene rings is 1. The Morgan fingerprint density at radius 2 is 2.15 bits per heavy atom. The molecule has 0 saturated carbocycles. The Labute approximate surface area is 166 Å². The number of amides is 1. The zero-order chi connectivity index (χ0) is 19.3. The van der Waals surface area contributed by atoms with Crippen LogP contribution in [0.1, 0.15) is 35.5 Å². The Morgan fingerprint density at radius 3 is 2.73 bits per heavy atom. The Bertz CT molecular complexity index is 846. The van der Waals surface area contributed by atoms with Crippen LogP contribution in [0.2, 0.25) is 10.0 Å². The molecule has 1 aromatic carbocycles. The van der Waals surface area contributed by atoms with Crippen LogP contribution >= 0.6 is 34.5 Å². The van der Waals surface area contributed by atoms with Gasteiger partial charge in [0.05, 0.1) is 12.2 Å². The van der Waals surface area contributed by atoms with Gasteiger partial charge in [0, 0.05) is 33.8 Å². The molecule has 5 nitrogen and oxygen atoms in total. The summed E-state index contributed by atoms with van der Waals surface area (Å²) in [6.45, 7) is 4.21. The summed E-state index contributed by atoms with van der Waals surface area (Å²) >= 11 is 13.5. The molecule has 138 valence electrons. The Kier molecular flexibility index (Phi) is 7.30. The number of carbonyl (C=O) groups excluding carboxylic acids is 1. The number of halogens is 2. The first-order valence-corrected chi connectivity index (χ1v) is 9.68. The largest absolute Gasteiger partial charge is 0.394 e. The molecule has 1 amide bonds. The van der Waals surface area contributed by atoms with E-state index >= 15 is 0 Å². The zero-order valence-corrected chi connectivity index (χ0v) is 16.7. The molecule has 0 aliphatic heterocycles. The summed E-state index contributed by atoms with van der Waals surface area (Å²) in [7, 11) is 0. The van der Waals surface area contributed by atoms with Gasteiger partial charge in [-0.25, -0.2) is 0 Å². The SMILES string of the molecule is CCCNc1sc(C(=O)NC(C)CO)c(-c2ccc(Cl)cc2Cl)c1C#N. The molecule has 3 N–H and O–H groups in total. The number of hydrogen-bond acceptors (Lipinski definition) is 5. The van der Waals surface area contributed by atoms with Crippen LogP contribution in [0.4, 0.5) is 5.00 Å². The lowest BCUT2D eigenvalue weighted by atomic mass is 10.0. The van der Waals surface area contributed by atoms with Crippen molar-refractivity contribution < 1.29 is 9.90 Å². The van der Waals surface area contributed by atoms with E-state index in [0.29, 0.717) is 43.2 Å². The lowest BCUT2D eigenvalue weighted by Crippen LogP contribution is -2.34. The van der Waals surface area contributed by atoms with E-state index in [2.05, 4.69) is 16.7 Å². The van der Waals surface area contributed by atoms with E-state index in [1.807, 2.05) is 6.92 Å². The first-order chi connectivity index (χ1) is 12.4. The second kappa shape index (κ2) is 9.24. The van der Waals surface area contributed by atoms with Crippen LogP contribution in [0, 0.1) is 11.3 Å². The van der Waals surface area contributed by atoms with E-state index in [1.165, 1.54) is 11.3 Å². The van der Waals surface area contributed by atoms with Gasteiger partial charge in [-0.15, -0.1) is 11.3 Å². The highest BCUT2D eigenvalue weighted by Crippen LogP contribution is 2.43. The van der Waals surface area contributed by atoms with E-state index < -0.39 is 6.04 Å². The van der Waals surface area contributed by atoms with E-state index in [-0.39, 0.29) is 12.5 Å². The third kappa shape index (κ3) is 4.49. The van der Waals surface area contributed by atoms with Crippen molar-refractivity contribution in [2.75, 3.05) is 18.5 Å². The van der Waals surface area contributed by atoms with Gasteiger partial charge in [-0.1, -0.05) is 36.2 Å². The molecule has 2 aromatic rings. The number of carbonyl (C=O) groups is 1. The number of nitriles is 1. The first kappa shape index (κ1) is 20.5. The van der Waals surface area contributed by atoms with Crippen molar-refractivity contribution in [2.45, 2.75) is 26.3 Å². The Morgan fingerprint density at radius 1 is 1.42 bits per heavy atom. The zero-order valence-electron chi connectivity index (χ0n) is 14.4. The number of aliphatic hydroxyl groups is 1. The maximum absolute atomic E-state index is 12.7. The molecular formula is C18H19Cl2N3O2S. The molecule has 26 heavy (non-hydrogen) atoms. The second-order valence-corrected chi connectivity index (χ2v) is 7.59. The first-order valence-electron chi connectivity index (χ1n) is 8.10. The molecule has 0 bridgehead atoms. The molecule has 0 spiro atoms. The maximum atomic E-state index is 12.7. The average Bonchev–Trinajstić information content (AvgIpc) is 2.98. The van der Waals surface area contributed by atoms with E-state index in [9.17, 15) is 15.2 Å². The number of nitrogens with one attached hydrogen (secondary N) is 2. The molecule has 0 saturated heterocycles. The fraction of sp³-hybridized carbons (Fsp3) is 0.333. The molecule has 0 radical (unpaired) electrons. The molecule has 1 atom stereocenters. The fourth-order valence-corrected chi connectivity index (χ4v) is 3.94. The minimum absolute atomic E-state index is 0.180. The Balaban J connectivity index is 2.63. The molecule has 1 unspecified atom stereocenters. The highest BCUT2D eigenvalue weighted by molar-refractivity contribution is 7.18. The number of rotatable bonds is 7. The minimum atomic E-state index is -0.407. The van der Waals surface area contributed by atoms with E-state index in [0.717, 1.165) is 6.42 Å². The van der Waals surface area contributed by atoms with Gasteiger partial charge in [0.25, 0.3) is 5.91 Å². The number of aliphatic hydroxyl groups excluding tert-OH is 1. The smallest absolute Gasteiger partial charge is 0.262 e. The summed E-state index contributed by atoms with van der Waals surface area (Å²) in [5, 5.41) is 26.3. The van der Waals surface area contributed by atoms with Gasteiger partial charge in [-0.3, -0.25) is 4.79 Å². The van der Waals surface area contributed by atoms with Crippen LogP contribution in [0.25, 0.3) is 11.1 Å². The molecule has 2 rings (SSSR count). The van der Waals surface area contributed by atoms with Gasteiger partial charge < -0.3 is 15.7 Å². The van der Waals surface area contributed by atoms with Gasteiger partial charge in [0.2, 0.25) is 0 Å². The summed E-state index contributed by atoms with van der Waals surface area (Å²) in [5.41, 5.74) is 1.41. The van der Waals surface area contributed by atoms with E-state index in [4.69, 9.17) is 23.2 Å². The van der Waals surface area contributed by atoms with E-state index in [1.54, 1.807) is 25.1 Å². The standard InChI is InChI=1S/C18H19Cl2N3O2S/c1-3-6-22-18-13(8-21)15(12-5-4-11(19)7-14(12)20)16(26-18)17(25)23-10(2)9-24/h4-5,7,10,22,24H,3,6,9H2,1-2H3,(H,23,25). The predicted octanol–water partition coefficient (Wildman–Crippen LogP) is 4.53. The van der Waals surface area contributed by atoms with Crippen molar-refractivity contribution in [3.8, 4) is 17.2 Å². The summed E-state index contributed by atoms with van der Waals surface area (Å²) in [6.07, 6.45) is 0.878. The van der Waals surface area contributed by atoms with Crippen molar-refractivity contribution in [3.63, 3.8) is 0 Å². The topological polar surface area (TPSA) is 85.2 Å². The van der Waals surface area contributed by atoms with Gasteiger partial charge in [0.15, 0.2) is 0 Å². The van der Waals surface area contributed by atoms with Crippen LogP contribution in [0.3, 0.4) is 0 Å². The quantitative estimate of drug-likeness (QED) is 0.624. The maximum Gasteiger partial charge on any atom is 0.262 e. The van der Waals surface area contributed by atoms with Gasteiger partial charge in [-0.2, -0.15) is 5.26 Å². The lowest BCUT2D eigenvalue weighted by molar-refractivity contribution is 0.0927. The van der Waals surface area contributed by atoms with Crippen LogP contribution < -0.4 is 10.6 Å². The van der Waals surface area contributed by atoms with Crippen molar-refractivity contribution in [2.24, 2.45) is 0 Å². The van der Waals surface area contributed by atoms with Crippen LogP contribution in [-0.4, -0.2) is 30.2 Å². The number of nitrogens with zero attached hydrogens (tertiary/aromatic N) is 1. The number of benzene rings is 1. The van der Waals surface area contributed by atoms with Gasteiger partial charge >= 0.3 is 0 Å². The molecule has 1 aromatic heterocycles. The van der Waals surface area contributed by atoms with Gasteiger partial charge in [-0.05, 0) is 25.5 Å². The number of anilines is 1. The Hall–Kier alpha value is -1.78.